The summed E-state index contributed by atoms with van der Waals surface area (Å²) in [7, 11) is 0. The van der Waals surface area contributed by atoms with Crippen LogP contribution in [0.5, 0.6) is 5.88 Å². The van der Waals surface area contributed by atoms with Crippen LogP contribution in [-0.2, 0) is 6.61 Å². The molecule has 0 bridgehead atoms. The Hall–Kier alpha value is -2.76. The van der Waals surface area contributed by atoms with E-state index < -0.39 is 5.95 Å². The van der Waals surface area contributed by atoms with Gasteiger partial charge in [0.1, 0.15) is 18.1 Å². The zero-order valence-electron chi connectivity index (χ0n) is 12.2. The summed E-state index contributed by atoms with van der Waals surface area (Å²) in [4.78, 5) is 7.92. The van der Waals surface area contributed by atoms with Crippen molar-refractivity contribution in [3.8, 4) is 17.1 Å². The number of aromatic nitrogens is 3. The molecule has 0 N–H and O–H groups in total. The van der Waals surface area contributed by atoms with Crippen molar-refractivity contribution in [1.82, 2.24) is 15.1 Å². The van der Waals surface area contributed by atoms with Gasteiger partial charge < -0.3 is 9.26 Å². The highest BCUT2D eigenvalue weighted by atomic mass is 19.1. The van der Waals surface area contributed by atoms with Gasteiger partial charge in [-0.2, -0.15) is 9.37 Å². The molecule has 5 nitrogen and oxygen atoms in total. The Balaban J connectivity index is 1.85. The Morgan fingerprint density at radius 2 is 2.05 bits per heavy atom. The highest BCUT2D eigenvalue weighted by Gasteiger charge is 2.16. The van der Waals surface area contributed by atoms with E-state index in [1.54, 1.807) is 25.3 Å². The fraction of sp³-hybridized carbons (Fsp3) is 0.188. The molecule has 6 heteroatoms. The number of aryl methyl sites for hydroxylation is 2. The first-order chi connectivity index (χ1) is 10.6. The molecule has 0 amide bonds. The van der Waals surface area contributed by atoms with E-state index in [0.29, 0.717) is 11.5 Å². The summed E-state index contributed by atoms with van der Waals surface area (Å²) >= 11 is 0. The minimum atomic E-state index is -0.581. The van der Waals surface area contributed by atoms with Gasteiger partial charge in [0.2, 0.25) is 11.8 Å². The van der Waals surface area contributed by atoms with Crippen LogP contribution < -0.4 is 4.74 Å². The molecule has 0 aliphatic rings. The van der Waals surface area contributed by atoms with Gasteiger partial charge in [-0.25, -0.2) is 0 Å². The first-order valence-electron chi connectivity index (χ1n) is 6.77. The van der Waals surface area contributed by atoms with Crippen molar-refractivity contribution in [2.24, 2.45) is 0 Å². The number of hydrogen-bond acceptors (Lipinski definition) is 5. The van der Waals surface area contributed by atoms with E-state index in [4.69, 9.17) is 9.26 Å². The highest BCUT2D eigenvalue weighted by Crippen LogP contribution is 2.26. The van der Waals surface area contributed by atoms with Crippen LogP contribution in [0.25, 0.3) is 11.3 Å². The Labute approximate surface area is 126 Å². The van der Waals surface area contributed by atoms with E-state index in [9.17, 15) is 4.39 Å². The van der Waals surface area contributed by atoms with Gasteiger partial charge in [-0.1, -0.05) is 11.2 Å². The molecule has 3 aromatic rings. The molecular weight excluding hydrogens is 285 g/mol. The molecule has 0 saturated carbocycles. The van der Waals surface area contributed by atoms with E-state index >= 15 is 0 Å². The third-order valence-corrected chi connectivity index (χ3v) is 3.22. The number of hydrogen-bond donors (Lipinski definition) is 0. The third kappa shape index (κ3) is 2.95. The first-order valence-corrected chi connectivity index (χ1v) is 6.77. The quantitative estimate of drug-likeness (QED) is 0.690. The zero-order chi connectivity index (χ0) is 15.5. The van der Waals surface area contributed by atoms with Gasteiger partial charge in [-0.05, 0) is 32.0 Å². The van der Waals surface area contributed by atoms with Crippen molar-refractivity contribution < 1.29 is 13.7 Å². The van der Waals surface area contributed by atoms with Gasteiger partial charge in [0, 0.05) is 23.5 Å². The van der Waals surface area contributed by atoms with Gasteiger partial charge in [0.15, 0.2) is 0 Å². The van der Waals surface area contributed by atoms with Gasteiger partial charge in [-0.3, -0.25) is 4.98 Å². The summed E-state index contributed by atoms with van der Waals surface area (Å²) in [5.74, 6) is 0.281. The second-order valence-electron chi connectivity index (χ2n) is 4.84. The normalized spacial score (nSPS) is 10.7. The van der Waals surface area contributed by atoms with Crippen LogP contribution in [0.2, 0.25) is 0 Å². The van der Waals surface area contributed by atoms with Crippen molar-refractivity contribution in [2.45, 2.75) is 20.5 Å². The summed E-state index contributed by atoms with van der Waals surface area (Å²) in [6.45, 7) is 3.91. The zero-order valence-corrected chi connectivity index (χ0v) is 12.2. The van der Waals surface area contributed by atoms with Crippen molar-refractivity contribution in [2.75, 3.05) is 0 Å². The van der Waals surface area contributed by atoms with Gasteiger partial charge >= 0.3 is 0 Å². The fourth-order valence-electron chi connectivity index (χ4n) is 2.01. The van der Waals surface area contributed by atoms with Crippen LogP contribution in [0, 0.1) is 19.8 Å². The predicted molar refractivity (Wildman–Crippen MR) is 77.7 cm³/mol. The minimum absolute atomic E-state index is 0.189. The van der Waals surface area contributed by atoms with E-state index in [-0.39, 0.29) is 12.5 Å². The Kier molecular flexibility index (Phi) is 3.82. The standard InChI is InChI=1S/C16H14FN3O2/c1-10-6-7-12(8-18-10)16-13(11(2)22-20-16)9-21-15-5-3-4-14(17)19-15/h3-8H,9H2,1-2H3. The molecule has 0 atom stereocenters. The second kappa shape index (κ2) is 5.93. The van der Waals surface area contributed by atoms with Crippen LogP contribution in [0.3, 0.4) is 0 Å². The molecule has 22 heavy (non-hydrogen) atoms. The Bertz CT molecular complexity index is 784. The van der Waals surface area contributed by atoms with Gasteiger partial charge in [-0.15, -0.1) is 0 Å². The minimum Gasteiger partial charge on any atom is -0.473 e. The van der Waals surface area contributed by atoms with Gasteiger partial charge in [0.05, 0.1) is 5.56 Å². The van der Waals surface area contributed by atoms with Crippen LogP contribution in [0.15, 0.2) is 41.1 Å². The van der Waals surface area contributed by atoms with Crippen LogP contribution in [0.4, 0.5) is 4.39 Å². The van der Waals surface area contributed by atoms with Crippen molar-refractivity contribution in [3.63, 3.8) is 0 Å². The summed E-state index contributed by atoms with van der Waals surface area (Å²) in [5.41, 5.74) is 3.22. The van der Waals surface area contributed by atoms with Crippen molar-refractivity contribution in [1.29, 1.82) is 0 Å². The molecule has 0 aliphatic heterocycles. The van der Waals surface area contributed by atoms with E-state index in [1.807, 2.05) is 19.1 Å². The topological polar surface area (TPSA) is 61.0 Å². The molecule has 3 aromatic heterocycles. The van der Waals surface area contributed by atoms with E-state index in [1.165, 1.54) is 6.07 Å². The predicted octanol–water partition coefficient (Wildman–Crippen LogP) is 3.47. The van der Waals surface area contributed by atoms with E-state index in [0.717, 1.165) is 16.8 Å². The molecule has 0 spiro atoms. The number of nitrogens with zero attached hydrogens (tertiary/aromatic N) is 3. The average molecular weight is 299 g/mol. The summed E-state index contributed by atoms with van der Waals surface area (Å²) in [6.07, 6.45) is 1.73. The summed E-state index contributed by atoms with van der Waals surface area (Å²) in [6, 6.07) is 8.23. The lowest BCUT2D eigenvalue weighted by atomic mass is 10.1. The molecule has 0 unspecified atom stereocenters. The first kappa shape index (κ1) is 14.2. The summed E-state index contributed by atoms with van der Waals surface area (Å²) < 4.78 is 23.8. The molecule has 0 radical (unpaired) electrons. The smallest absolute Gasteiger partial charge is 0.216 e. The average Bonchev–Trinajstić information content (AvgIpc) is 2.87. The molecule has 112 valence electrons. The fourth-order valence-corrected chi connectivity index (χ4v) is 2.01. The van der Waals surface area contributed by atoms with Crippen LogP contribution >= 0.6 is 0 Å². The molecule has 3 heterocycles. The summed E-state index contributed by atoms with van der Waals surface area (Å²) in [5, 5.41) is 4.06. The maximum absolute atomic E-state index is 13.1. The molecule has 0 aromatic carbocycles. The van der Waals surface area contributed by atoms with Crippen LogP contribution in [0.1, 0.15) is 17.0 Å². The maximum atomic E-state index is 13.1. The van der Waals surface area contributed by atoms with Crippen molar-refractivity contribution in [3.05, 3.63) is 59.5 Å². The molecular formula is C16H14FN3O2. The number of ether oxygens (including phenoxy) is 1. The Morgan fingerprint density at radius 1 is 1.18 bits per heavy atom. The molecule has 3 rings (SSSR count). The van der Waals surface area contributed by atoms with Crippen molar-refractivity contribution >= 4 is 0 Å². The molecule has 0 fully saturated rings. The molecule has 0 saturated heterocycles. The lowest BCUT2D eigenvalue weighted by Gasteiger charge is -2.06. The van der Waals surface area contributed by atoms with Crippen LogP contribution in [-0.4, -0.2) is 15.1 Å². The van der Waals surface area contributed by atoms with Gasteiger partial charge in [0.25, 0.3) is 0 Å². The maximum Gasteiger partial charge on any atom is 0.216 e. The van der Waals surface area contributed by atoms with E-state index in [2.05, 4.69) is 15.1 Å². The number of pyridine rings is 2. The third-order valence-electron chi connectivity index (χ3n) is 3.22. The lowest BCUT2D eigenvalue weighted by molar-refractivity contribution is 0.286. The SMILES string of the molecule is Cc1ccc(-c2noc(C)c2COc2cccc(F)n2)cn1. The number of halogens is 1. The monoisotopic (exact) mass is 299 g/mol. The Morgan fingerprint density at radius 3 is 2.77 bits per heavy atom. The molecule has 0 aliphatic carbocycles. The highest BCUT2D eigenvalue weighted by molar-refractivity contribution is 5.62. The number of rotatable bonds is 4. The largest absolute Gasteiger partial charge is 0.473 e. The second-order valence-corrected chi connectivity index (χ2v) is 4.84. The lowest BCUT2D eigenvalue weighted by Crippen LogP contribution is -2.00.